The summed E-state index contributed by atoms with van der Waals surface area (Å²) in [6, 6.07) is 10.2. The van der Waals surface area contributed by atoms with E-state index in [4.69, 9.17) is 5.26 Å². The number of rotatable bonds is 3. The van der Waals surface area contributed by atoms with Crippen molar-refractivity contribution in [1.82, 2.24) is 20.0 Å². The lowest BCUT2D eigenvalue weighted by Gasteiger charge is -2.33. The van der Waals surface area contributed by atoms with Gasteiger partial charge in [0.15, 0.2) is 0 Å². The molecule has 2 heterocycles. The summed E-state index contributed by atoms with van der Waals surface area (Å²) >= 11 is 0. The highest BCUT2D eigenvalue weighted by atomic mass is 16.2. The van der Waals surface area contributed by atoms with Gasteiger partial charge in [0.2, 0.25) is 5.91 Å². The molecule has 0 spiro atoms. The first-order valence-electron chi connectivity index (χ1n) is 8.28. The zero-order valence-corrected chi connectivity index (χ0v) is 13.6. The zero-order chi connectivity index (χ0) is 17.4. The van der Waals surface area contributed by atoms with Gasteiger partial charge < -0.3 is 10.2 Å². The van der Waals surface area contributed by atoms with Gasteiger partial charge in [-0.3, -0.25) is 14.3 Å². The van der Waals surface area contributed by atoms with E-state index >= 15 is 0 Å². The van der Waals surface area contributed by atoms with E-state index in [0.29, 0.717) is 17.7 Å². The number of aromatic nitrogens is 2. The SMILES string of the molecule is N#Cc1cccc(C(=O)N2Cc3ccnn3C(C(=O)NC3CC3)C2)c1. The summed E-state index contributed by atoms with van der Waals surface area (Å²) in [6.07, 6.45) is 3.67. The Bertz CT molecular complexity index is 878. The third-order valence-corrected chi connectivity index (χ3v) is 4.55. The second-order valence-corrected chi connectivity index (χ2v) is 6.44. The minimum absolute atomic E-state index is 0.101. The Labute approximate surface area is 144 Å². The summed E-state index contributed by atoms with van der Waals surface area (Å²) in [5, 5.41) is 16.3. The van der Waals surface area contributed by atoms with E-state index in [9.17, 15) is 9.59 Å². The van der Waals surface area contributed by atoms with Crippen molar-refractivity contribution in [2.24, 2.45) is 0 Å². The first-order valence-corrected chi connectivity index (χ1v) is 8.28. The lowest BCUT2D eigenvalue weighted by atomic mass is 10.1. The number of fused-ring (bicyclic) bond motifs is 1. The van der Waals surface area contributed by atoms with Crippen molar-refractivity contribution < 1.29 is 9.59 Å². The van der Waals surface area contributed by atoms with Crippen LogP contribution in [0.15, 0.2) is 36.5 Å². The van der Waals surface area contributed by atoms with E-state index in [0.717, 1.165) is 18.5 Å². The number of nitriles is 1. The molecule has 0 radical (unpaired) electrons. The van der Waals surface area contributed by atoms with Crippen molar-refractivity contribution in [1.29, 1.82) is 5.26 Å². The van der Waals surface area contributed by atoms with Crippen LogP contribution < -0.4 is 5.32 Å². The number of nitrogens with zero attached hydrogens (tertiary/aromatic N) is 4. The van der Waals surface area contributed by atoms with E-state index < -0.39 is 6.04 Å². The van der Waals surface area contributed by atoms with Crippen LogP contribution >= 0.6 is 0 Å². The predicted molar refractivity (Wildman–Crippen MR) is 88.3 cm³/mol. The molecule has 1 aromatic carbocycles. The van der Waals surface area contributed by atoms with Gasteiger partial charge in [-0.1, -0.05) is 6.07 Å². The van der Waals surface area contributed by atoms with E-state index in [1.54, 1.807) is 40.0 Å². The van der Waals surface area contributed by atoms with Gasteiger partial charge >= 0.3 is 0 Å². The Morgan fingerprint density at radius 3 is 2.88 bits per heavy atom. The quantitative estimate of drug-likeness (QED) is 0.913. The second kappa shape index (κ2) is 6.06. The molecule has 7 nitrogen and oxygen atoms in total. The van der Waals surface area contributed by atoms with Gasteiger partial charge in [0.1, 0.15) is 6.04 Å². The summed E-state index contributed by atoms with van der Waals surface area (Å²) in [4.78, 5) is 27.1. The first kappa shape index (κ1) is 15.4. The number of carbonyl (C=O) groups is 2. The molecule has 4 rings (SSSR count). The van der Waals surface area contributed by atoms with Crippen LogP contribution in [0.3, 0.4) is 0 Å². The summed E-state index contributed by atoms with van der Waals surface area (Å²) < 4.78 is 1.70. The van der Waals surface area contributed by atoms with Crippen LogP contribution in [-0.4, -0.2) is 39.1 Å². The molecule has 0 saturated heterocycles. The second-order valence-electron chi connectivity index (χ2n) is 6.44. The Hall–Kier alpha value is -3.14. The van der Waals surface area contributed by atoms with Crippen LogP contribution in [0.4, 0.5) is 0 Å². The maximum Gasteiger partial charge on any atom is 0.254 e. The Morgan fingerprint density at radius 2 is 2.12 bits per heavy atom. The maximum atomic E-state index is 12.9. The molecule has 1 saturated carbocycles. The first-order chi connectivity index (χ1) is 12.2. The molecule has 25 heavy (non-hydrogen) atoms. The zero-order valence-electron chi connectivity index (χ0n) is 13.6. The van der Waals surface area contributed by atoms with E-state index in [1.807, 2.05) is 12.1 Å². The van der Waals surface area contributed by atoms with Crippen molar-refractivity contribution in [3.63, 3.8) is 0 Å². The molecule has 2 aliphatic rings. The van der Waals surface area contributed by atoms with Crippen molar-refractivity contribution >= 4 is 11.8 Å². The molecular formula is C18H17N5O2. The molecule has 7 heteroatoms. The van der Waals surface area contributed by atoms with Crippen LogP contribution in [-0.2, 0) is 11.3 Å². The molecule has 0 bridgehead atoms. The van der Waals surface area contributed by atoms with Crippen LogP contribution in [0, 0.1) is 11.3 Å². The lowest BCUT2D eigenvalue weighted by Crippen LogP contribution is -2.47. The smallest absolute Gasteiger partial charge is 0.254 e. The summed E-state index contributed by atoms with van der Waals surface area (Å²) in [5.41, 5.74) is 1.72. The Balaban J connectivity index is 1.59. The van der Waals surface area contributed by atoms with Crippen LogP contribution in [0.25, 0.3) is 0 Å². The minimum Gasteiger partial charge on any atom is -0.351 e. The largest absolute Gasteiger partial charge is 0.351 e. The molecule has 126 valence electrons. The van der Waals surface area contributed by atoms with Crippen molar-refractivity contribution in [2.75, 3.05) is 6.54 Å². The monoisotopic (exact) mass is 335 g/mol. The highest BCUT2D eigenvalue weighted by molar-refractivity contribution is 5.95. The van der Waals surface area contributed by atoms with Crippen LogP contribution in [0.5, 0.6) is 0 Å². The normalized spacial score (nSPS) is 19.0. The van der Waals surface area contributed by atoms with Crippen LogP contribution in [0.2, 0.25) is 0 Å². The molecule has 2 amide bonds. The number of hydrogen-bond donors (Lipinski definition) is 1. The van der Waals surface area contributed by atoms with Crippen molar-refractivity contribution in [3.8, 4) is 6.07 Å². The molecule has 1 fully saturated rings. The van der Waals surface area contributed by atoms with Gasteiger partial charge in [0, 0.05) is 17.8 Å². The molecular weight excluding hydrogens is 318 g/mol. The predicted octanol–water partition coefficient (Wildman–Crippen LogP) is 1.23. The average molecular weight is 335 g/mol. The van der Waals surface area contributed by atoms with Crippen molar-refractivity contribution in [2.45, 2.75) is 31.5 Å². The maximum absolute atomic E-state index is 12.9. The molecule has 2 aromatic rings. The van der Waals surface area contributed by atoms with E-state index in [2.05, 4.69) is 10.4 Å². The third-order valence-electron chi connectivity index (χ3n) is 4.55. The van der Waals surface area contributed by atoms with E-state index in [1.165, 1.54) is 0 Å². The van der Waals surface area contributed by atoms with Crippen molar-refractivity contribution in [3.05, 3.63) is 53.3 Å². The molecule has 1 aliphatic carbocycles. The highest BCUT2D eigenvalue weighted by Gasteiger charge is 2.35. The van der Waals surface area contributed by atoms with Gasteiger partial charge in [-0.2, -0.15) is 10.4 Å². The topological polar surface area (TPSA) is 91.0 Å². The van der Waals surface area contributed by atoms with Gasteiger partial charge in [-0.15, -0.1) is 0 Å². The summed E-state index contributed by atoms with van der Waals surface area (Å²) in [5.74, 6) is -0.288. The van der Waals surface area contributed by atoms with Gasteiger partial charge in [-0.05, 0) is 37.1 Å². The fourth-order valence-corrected chi connectivity index (χ4v) is 3.07. The van der Waals surface area contributed by atoms with Gasteiger partial charge in [0.25, 0.3) is 5.91 Å². The van der Waals surface area contributed by atoms with Gasteiger partial charge in [0.05, 0.1) is 30.4 Å². The molecule has 1 aliphatic heterocycles. The Kier molecular flexibility index (Phi) is 3.73. The minimum atomic E-state index is -0.526. The molecule has 1 atom stereocenters. The number of hydrogen-bond acceptors (Lipinski definition) is 4. The highest BCUT2D eigenvalue weighted by Crippen LogP contribution is 2.25. The summed E-state index contributed by atoms with van der Waals surface area (Å²) in [6.45, 7) is 0.658. The Morgan fingerprint density at radius 1 is 1.28 bits per heavy atom. The van der Waals surface area contributed by atoms with E-state index in [-0.39, 0.29) is 24.4 Å². The fraction of sp³-hybridized carbons (Fsp3) is 0.333. The third kappa shape index (κ3) is 2.98. The number of nitrogens with one attached hydrogen (secondary N) is 1. The molecule has 1 aromatic heterocycles. The summed E-state index contributed by atoms with van der Waals surface area (Å²) in [7, 11) is 0. The fourth-order valence-electron chi connectivity index (χ4n) is 3.07. The standard InChI is InChI=1S/C18H17N5O2/c19-9-12-2-1-3-13(8-12)18(25)22-10-15-6-7-20-23(15)16(11-22)17(24)21-14-4-5-14/h1-3,6-8,14,16H,4-5,10-11H2,(H,21,24). The van der Waals surface area contributed by atoms with Gasteiger partial charge in [-0.25, -0.2) is 0 Å². The molecule has 1 unspecified atom stereocenters. The van der Waals surface area contributed by atoms with Crippen LogP contribution in [0.1, 0.15) is 40.5 Å². The number of amides is 2. The lowest BCUT2D eigenvalue weighted by molar-refractivity contribution is -0.125. The average Bonchev–Trinajstić information content (AvgIpc) is 3.32. The molecule has 1 N–H and O–H groups in total. The number of carbonyl (C=O) groups excluding carboxylic acids is 2. The number of benzene rings is 1.